The molecule has 1 aliphatic rings. The molecule has 3 nitrogen and oxygen atoms in total. The van der Waals surface area contributed by atoms with Crippen LogP contribution in [0.2, 0.25) is 0 Å². The Bertz CT molecular complexity index is 472. The lowest BCUT2D eigenvalue weighted by Gasteiger charge is -2.30. The van der Waals surface area contributed by atoms with Crippen LogP contribution in [0.4, 0.5) is 0 Å². The van der Waals surface area contributed by atoms with E-state index in [1.54, 1.807) is 0 Å². The van der Waals surface area contributed by atoms with Gasteiger partial charge in [0.2, 0.25) is 0 Å². The molecule has 2 N–H and O–H groups in total. The number of nitrogens with two attached hydrogens (primary N) is 1. The van der Waals surface area contributed by atoms with Gasteiger partial charge in [0.1, 0.15) is 0 Å². The van der Waals surface area contributed by atoms with Gasteiger partial charge in [0.25, 0.3) is 0 Å². The zero-order chi connectivity index (χ0) is 15.7. The van der Waals surface area contributed by atoms with Crippen LogP contribution in [0.1, 0.15) is 35.2 Å². The second kappa shape index (κ2) is 6.47. The van der Waals surface area contributed by atoms with Crippen molar-refractivity contribution in [2.24, 2.45) is 11.7 Å². The minimum Gasteiger partial charge on any atom is -0.329 e. The Labute approximate surface area is 130 Å². The number of benzene rings is 1. The molecule has 21 heavy (non-hydrogen) atoms. The lowest BCUT2D eigenvalue weighted by Crippen LogP contribution is -2.37. The van der Waals surface area contributed by atoms with Crippen LogP contribution in [0.3, 0.4) is 0 Å². The summed E-state index contributed by atoms with van der Waals surface area (Å²) < 4.78 is 0. The molecule has 1 aromatic carbocycles. The summed E-state index contributed by atoms with van der Waals surface area (Å²) in [6, 6.07) is 5.55. The normalized spacial score (nSPS) is 24.8. The van der Waals surface area contributed by atoms with Crippen LogP contribution in [0.5, 0.6) is 0 Å². The Morgan fingerprint density at radius 3 is 2.19 bits per heavy atom. The molecule has 1 heterocycles. The molecular formula is C18H31N3. The summed E-state index contributed by atoms with van der Waals surface area (Å²) in [5, 5.41) is 0. The zero-order valence-electron chi connectivity index (χ0n) is 14.5. The maximum absolute atomic E-state index is 6.17. The summed E-state index contributed by atoms with van der Waals surface area (Å²) in [6.45, 7) is 11.9. The van der Waals surface area contributed by atoms with Crippen LogP contribution >= 0.6 is 0 Å². The first-order valence-corrected chi connectivity index (χ1v) is 8.03. The van der Waals surface area contributed by atoms with E-state index in [4.69, 9.17) is 5.73 Å². The van der Waals surface area contributed by atoms with Gasteiger partial charge in [0.05, 0.1) is 0 Å². The highest BCUT2D eigenvalue weighted by molar-refractivity contribution is 5.40. The molecule has 0 aromatic heterocycles. The molecule has 0 bridgehead atoms. The Hall–Kier alpha value is -0.900. The summed E-state index contributed by atoms with van der Waals surface area (Å²) in [4.78, 5) is 4.94. The average Bonchev–Trinajstić information content (AvgIpc) is 2.75. The number of nitrogens with zero attached hydrogens (tertiary/aromatic N) is 2. The topological polar surface area (TPSA) is 32.5 Å². The highest BCUT2D eigenvalue weighted by Crippen LogP contribution is 2.32. The molecule has 1 fully saturated rings. The second-order valence-corrected chi connectivity index (χ2v) is 7.03. The largest absolute Gasteiger partial charge is 0.329 e. The Kier molecular flexibility index (Phi) is 5.07. The summed E-state index contributed by atoms with van der Waals surface area (Å²) in [7, 11) is 4.37. The Morgan fingerprint density at radius 2 is 1.76 bits per heavy atom. The van der Waals surface area contributed by atoms with Gasteiger partial charge in [-0.2, -0.15) is 0 Å². The Morgan fingerprint density at radius 1 is 1.19 bits per heavy atom. The first-order valence-electron chi connectivity index (χ1n) is 8.03. The van der Waals surface area contributed by atoms with E-state index in [0.717, 1.165) is 13.1 Å². The fourth-order valence-corrected chi connectivity index (χ4v) is 4.08. The van der Waals surface area contributed by atoms with E-state index in [2.05, 4.69) is 63.7 Å². The van der Waals surface area contributed by atoms with Crippen LogP contribution in [0.25, 0.3) is 0 Å². The molecule has 0 aliphatic carbocycles. The summed E-state index contributed by atoms with van der Waals surface area (Å²) >= 11 is 0. The van der Waals surface area contributed by atoms with Gasteiger partial charge in [0.15, 0.2) is 0 Å². The fraction of sp³-hybridized carbons (Fsp3) is 0.667. The molecule has 1 aliphatic heterocycles. The maximum Gasteiger partial charge on any atom is 0.0476 e. The highest BCUT2D eigenvalue weighted by atomic mass is 15.3. The molecule has 0 amide bonds. The van der Waals surface area contributed by atoms with Crippen molar-refractivity contribution in [3.05, 3.63) is 34.4 Å². The number of likely N-dealkylation sites (tertiary alicyclic amines) is 1. The standard InChI is InChI=1S/C18H31N3/c1-12-7-13(2)18(14(3)8-12)16(9-19)21-10-15(4)17(11-21)20(5)6/h7-8,15-17H,9-11,19H2,1-6H3. The molecule has 3 heteroatoms. The molecule has 3 unspecified atom stereocenters. The fourth-order valence-electron chi connectivity index (χ4n) is 4.08. The number of rotatable bonds is 4. The third kappa shape index (κ3) is 3.31. The summed E-state index contributed by atoms with van der Waals surface area (Å²) in [5.41, 5.74) is 11.7. The molecule has 2 rings (SSSR count). The predicted molar refractivity (Wildman–Crippen MR) is 90.7 cm³/mol. The van der Waals surface area contributed by atoms with Crippen LogP contribution < -0.4 is 5.73 Å². The van der Waals surface area contributed by atoms with E-state index < -0.39 is 0 Å². The third-order valence-electron chi connectivity index (χ3n) is 5.00. The molecule has 118 valence electrons. The van der Waals surface area contributed by atoms with E-state index in [1.165, 1.54) is 22.3 Å². The first kappa shape index (κ1) is 16.5. The van der Waals surface area contributed by atoms with Crippen molar-refractivity contribution in [2.75, 3.05) is 33.7 Å². The third-order valence-corrected chi connectivity index (χ3v) is 5.00. The van der Waals surface area contributed by atoms with E-state index in [1.807, 2.05) is 0 Å². The first-order chi connectivity index (χ1) is 9.85. The van der Waals surface area contributed by atoms with E-state index in [9.17, 15) is 0 Å². The van der Waals surface area contributed by atoms with Crippen LogP contribution in [0.15, 0.2) is 12.1 Å². The smallest absolute Gasteiger partial charge is 0.0476 e. The van der Waals surface area contributed by atoms with Crippen molar-refractivity contribution < 1.29 is 0 Å². The monoisotopic (exact) mass is 289 g/mol. The van der Waals surface area contributed by atoms with Gasteiger partial charge in [-0.15, -0.1) is 0 Å². The van der Waals surface area contributed by atoms with Gasteiger partial charge in [-0.05, 0) is 57.5 Å². The van der Waals surface area contributed by atoms with Gasteiger partial charge in [-0.25, -0.2) is 0 Å². The van der Waals surface area contributed by atoms with Gasteiger partial charge < -0.3 is 10.6 Å². The van der Waals surface area contributed by atoms with E-state index >= 15 is 0 Å². The number of likely N-dealkylation sites (N-methyl/N-ethyl adjacent to an activating group) is 1. The van der Waals surface area contributed by atoms with Crippen molar-refractivity contribution in [1.82, 2.24) is 9.80 Å². The number of hydrogen-bond donors (Lipinski definition) is 1. The molecule has 3 atom stereocenters. The number of hydrogen-bond acceptors (Lipinski definition) is 3. The lowest BCUT2D eigenvalue weighted by molar-refractivity contribution is 0.218. The van der Waals surface area contributed by atoms with Crippen LogP contribution in [-0.4, -0.2) is 49.6 Å². The lowest BCUT2D eigenvalue weighted by atomic mass is 9.93. The molecule has 0 spiro atoms. The van der Waals surface area contributed by atoms with E-state index in [-0.39, 0.29) is 0 Å². The highest BCUT2D eigenvalue weighted by Gasteiger charge is 2.35. The summed E-state index contributed by atoms with van der Waals surface area (Å²) in [6.07, 6.45) is 0. The van der Waals surface area contributed by atoms with Gasteiger partial charge in [-0.1, -0.05) is 24.6 Å². The molecule has 1 saturated heterocycles. The zero-order valence-corrected chi connectivity index (χ0v) is 14.5. The van der Waals surface area contributed by atoms with Crippen LogP contribution in [-0.2, 0) is 0 Å². The van der Waals surface area contributed by atoms with Crippen LogP contribution in [0, 0.1) is 26.7 Å². The molecule has 1 aromatic rings. The maximum atomic E-state index is 6.17. The second-order valence-electron chi connectivity index (χ2n) is 7.03. The van der Waals surface area contributed by atoms with Crippen molar-refractivity contribution in [1.29, 1.82) is 0 Å². The number of aryl methyl sites for hydroxylation is 3. The predicted octanol–water partition coefficient (Wildman–Crippen LogP) is 2.49. The average molecular weight is 289 g/mol. The van der Waals surface area contributed by atoms with Gasteiger partial charge >= 0.3 is 0 Å². The van der Waals surface area contributed by atoms with Crippen molar-refractivity contribution in [3.8, 4) is 0 Å². The van der Waals surface area contributed by atoms with Gasteiger partial charge in [-0.3, -0.25) is 4.90 Å². The van der Waals surface area contributed by atoms with Crippen molar-refractivity contribution in [2.45, 2.75) is 39.8 Å². The minimum atomic E-state index is 0.345. The van der Waals surface area contributed by atoms with E-state index in [0.29, 0.717) is 24.5 Å². The molecular weight excluding hydrogens is 258 g/mol. The minimum absolute atomic E-state index is 0.345. The Balaban J connectivity index is 2.30. The quantitative estimate of drug-likeness (QED) is 0.924. The molecule has 0 radical (unpaired) electrons. The van der Waals surface area contributed by atoms with Crippen molar-refractivity contribution >= 4 is 0 Å². The van der Waals surface area contributed by atoms with Crippen molar-refractivity contribution in [3.63, 3.8) is 0 Å². The van der Waals surface area contributed by atoms with Gasteiger partial charge in [0, 0.05) is 31.7 Å². The SMILES string of the molecule is Cc1cc(C)c(C(CN)N2CC(C)C(N(C)C)C2)c(C)c1. The molecule has 0 saturated carbocycles. The summed E-state index contributed by atoms with van der Waals surface area (Å²) in [5.74, 6) is 0.695.